The lowest BCUT2D eigenvalue weighted by Crippen LogP contribution is -2.12. The first-order valence-electron chi connectivity index (χ1n) is 6.54. The molecule has 1 aliphatic rings. The van der Waals surface area contributed by atoms with Crippen molar-refractivity contribution in [1.29, 1.82) is 0 Å². The molecule has 112 valence electrons. The fourth-order valence-corrected chi connectivity index (χ4v) is 3.86. The number of sulfone groups is 1. The van der Waals surface area contributed by atoms with Gasteiger partial charge in [0.25, 0.3) is 0 Å². The molecule has 0 radical (unpaired) electrons. The number of aromatic nitrogens is 1. The minimum absolute atomic E-state index is 0.0461. The van der Waals surface area contributed by atoms with E-state index in [9.17, 15) is 17.6 Å². The van der Waals surface area contributed by atoms with Gasteiger partial charge in [-0.05, 0) is 18.9 Å². The van der Waals surface area contributed by atoms with Crippen LogP contribution in [0.5, 0.6) is 0 Å². The predicted octanol–water partition coefficient (Wildman–Crippen LogP) is 2.58. The van der Waals surface area contributed by atoms with E-state index in [-0.39, 0.29) is 22.5 Å². The summed E-state index contributed by atoms with van der Waals surface area (Å²) in [6.45, 7) is 1.47. The van der Waals surface area contributed by atoms with Crippen LogP contribution in [-0.2, 0) is 14.6 Å². The molecule has 21 heavy (non-hydrogen) atoms. The first-order valence-corrected chi connectivity index (χ1v) is 9.01. The first-order chi connectivity index (χ1) is 9.90. The van der Waals surface area contributed by atoms with E-state index in [2.05, 4.69) is 10.3 Å². The summed E-state index contributed by atoms with van der Waals surface area (Å²) in [4.78, 5) is 15.5. The summed E-state index contributed by atoms with van der Waals surface area (Å²) in [5.74, 6) is -1.02. The van der Waals surface area contributed by atoms with E-state index >= 15 is 0 Å². The third kappa shape index (κ3) is 2.77. The van der Waals surface area contributed by atoms with Gasteiger partial charge < -0.3 is 5.32 Å². The van der Waals surface area contributed by atoms with Gasteiger partial charge in [-0.1, -0.05) is 18.3 Å². The van der Waals surface area contributed by atoms with Gasteiger partial charge in [-0.3, -0.25) is 4.79 Å². The van der Waals surface area contributed by atoms with Crippen LogP contribution < -0.4 is 5.32 Å². The highest BCUT2D eigenvalue weighted by Gasteiger charge is 2.30. The summed E-state index contributed by atoms with van der Waals surface area (Å²) in [5, 5.41) is 3.05. The van der Waals surface area contributed by atoms with Gasteiger partial charge in [0.15, 0.2) is 15.0 Å². The Labute approximate surface area is 125 Å². The Morgan fingerprint density at radius 1 is 1.48 bits per heavy atom. The van der Waals surface area contributed by atoms with E-state index in [4.69, 9.17) is 0 Å². The molecule has 1 aliphatic carbocycles. The zero-order chi connectivity index (χ0) is 15.2. The molecule has 1 saturated carbocycles. The minimum atomic E-state index is -3.62. The number of hydrogen-bond acceptors (Lipinski definition) is 5. The van der Waals surface area contributed by atoms with E-state index in [0.717, 1.165) is 30.2 Å². The molecule has 0 bridgehead atoms. The molecule has 1 amide bonds. The van der Waals surface area contributed by atoms with Crippen molar-refractivity contribution in [3.63, 3.8) is 0 Å². The molecule has 0 unspecified atom stereocenters. The van der Waals surface area contributed by atoms with Crippen LogP contribution in [0.4, 0.5) is 9.52 Å². The standard InChI is InChI=1S/C13H13FN2O3S2/c1-2-21(18,19)11-6-10-9(5-8(11)14)15-13(20-10)16-12(17)7-3-4-7/h5-7H,2-4H2,1H3,(H,15,16,17). The van der Waals surface area contributed by atoms with Crippen LogP contribution in [0.1, 0.15) is 19.8 Å². The Bertz CT molecular complexity index is 825. The van der Waals surface area contributed by atoms with Crippen molar-refractivity contribution in [2.75, 3.05) is 11.1 Å². The highest BCUT2D eigenvalue weighted by Crippen LogP contribution is 2.33. The van der Waals surface area contributed by atoms with E-state index in [0.29, 0.717) is 15.3 Å². The average Bonchev–Trinajstić information content (AvgIpc) is 3.20. The number of hydrogen-bond donors (Lipinski definition) is 1. The molecule has 2 aromatic rings. The predicted molar refractivity (Wildman–Crippen MR) is 78.7 cm³/mol. The van der Waals surface area contributed by atoms with Crippen molar-refractivity contribution in [2.24, 2.45) is 5.92 Å². The number of benzene rings is 1. The van der Waals surface area contributed by atoms with Gasteiger partial charge in [0, 0.05) is 12.0 Å². The fourth-order valence-electron chi connectivity index (χ4n) is 1.93. The number of anilines is 1. The molecule has 1 aromatic carbocycles. The molecule has 0 aliphatic heterocycles. The molecule has 0 saturated heterocycles. The summed E-state index contributed by atoms with van der Waals surface area (Å²) in [6.07, 6.45) is 1.76. The van der Waals surface area contributed by atoms with E-state index in [1.54, 1.807) is 0 Å². The first kappa shape index (κ1) is 14.4. The lowest BCUT2D eigenvalue weighted by Gasteiger charge is -2.02. The van der Waals surface area contributed by atoms with Gasteiger partial charge >= 0.3 is 0 Å². The number of nitrogens with one attached hydrogen (secondary N) is 1. The van der Waals surface area contributed by atoms with Crippen molar-refractivity contribution in [2.45, 2.75) is 24.7 Å². The zero-order valence-electron chi connectivity index (χ0n) is 11.2. The van der Waals surface area contributed by atoms with Gasteiger partial charge in [0.1, 0.15) is 10.7 Å². The average molecular weight is 328 g/mol. The summed E-state index contributed by atoms with van der Waals surface area (Å²) >= 11 is 1.15. The van der Waals surface area contributed by atoms with E-state index in [1.807, 2.05) is 0 Å². The highest BCUT2D eigenvalue weighted by atomic mass is 32.2. The van der Waals surface area contributed by atoms with Crippen molar-refractivity contribution in [1.82, 2.24) is 4.98 Å². The molecule has 1 fully saturated rings. The number of carbonyl (C=O) groups excluding carboxylic acids is 1. The second kappa shape index (κ2) is 5.03. The fraction of sp³-hybridized carbons (Fsp3) is 0.385. The van der Waals surface area contributed by atoms with Gasteiger partial charge in [-0.25, -0.2) is 17.8 Å². The molecule has 8 heteroatoms. The third-order valence-electron chi connectivity index (χ3n) is 3.34. The Hall–Kier alpha value is -1.54. The number of halogens is 1. The summed E-state index contributed by atoms with van der Waals surface area (Å²) in [6, 6.07) is 2.38. The second-order valence-electron chi connectivity index (χ2n) is 4.94. The Morgan fingerprint density at radius 3 is 2.81 bits per heavy atom. The molecule has 5 nitrogen and oxygen atoms in total. The lowest BCUT2D eigenvalue weighted by atomic mass is 10.3. The maximum Gasteiger partial charge on any atom is 0.229 e. The van der Waals surface area contributed by atoms with Gasteiger partial charge in [-0.2, -0.15) is 0 Å². The summed E-state index contributed by atoms with van der Waals surface area (Å²) < 4.78 is 38.1. The minimum Gasteiger partial charge on any atom is -0.302 e. The van der Waals surface area contributed by atoms with Crippen LogP contribution in [0.15, 0.2) is 17.0 Å². The summed E-state index contributed by atoms with van der Waals surface area (Å²) in [5.41, 5.74) is 0.346. The van der Waals surface area contributed by atoms with Crippen LogP contribution in [0.25, 0.3) is 10.2 Å². The number of carbonyl (C=O) groups is 1. The number of fused-ring (bicyclic) bond motifs is 1. The van der Waals surface area contributed by atoms with Crippen LogP contribution in [0, 0.1) is 11.7 Å². The van der Waals surface area contributed by atoms with Crippen molar-refractivity contribution in [3.8, 4) is 0 Å². The molecule has 1 aromatic heterocycles. The maximum absolute atomic E-state index is 13.9. The molecule has 1 heterocycles. The van der Waals surface area contributed by atoms with Gasteiger partial charge in [-0.15, -0.1) is 0 Å². The van der Waals surface area contributed by atoms with Crippen molar-refractivity contribution < 1.29 is 17.6 Å². The largest absolute Gasteiger partial charge is 0.302 e. The SMILES string of the molecule is CCS(=O)(=O)c1cc2sc(NC(=O)C3CC3)nc2cc1F. The Morgan fingerprint density at radius 2 is 2.19 bits per heavy atom. The zero-order valence-corrected chi connectivity index (χ0v) is 12.9. The number of amides is 1. The topological polar surface area (TPSA) is 76.1 Å². The van der Waals surface area contributed by atoms with Gasteiger partial charge in [0.2, 0.25) is 5.91 Å². The molecule has 3 rings (SSSR count). The highest BCUT2D eigenvalue weighted by molar-refractivity contribution is 7.91. The second-order valence-corrected chi connectivity index (χ2v) is 8.21. The van der Waals surface area contributed by atoms with E-state index in [1.165, 1.54) is 13.0 Å². The summed E-state index contributed by atoms with van der Waals surface area (Å²) in [7, 11) is -3.62. The van der Waals surface area contributed by atoms with Crippen molar-refractivity contribution >= 4 is 42.4 Å². The monoisotopic (exact) mass is 328 g/mol. The number of nitrogens with zero attached hydrogens (tertiary/aromatic N) is 1. The Balaban J connectivity index is 1.99. The molecular formula is C13H13FN2O3S2. The maximum atomic E-state index is 13.9. The molecule has 0 atom stereocenters. The number of rotatable bonds is 4. The van der Waals surface area contributed by atoms with Gasteiger partial charge in [0.05, 0.1) is 16.0 Å². The normalized spacial score (nSPS) is 15.3. The third-order valence-corrected chi connectivity index (χ3v) is 6.01. The van der Waals surface area contributed by atoms with Crippen LogP contribution >= 0.6 is 11.3 Å². The van der Waals surface area contributed by atoms with Crippen LogP contribution in [-0.4, -0.2) is 25.1 Å². The Kier molecular flexibility index (Phi) is 3.45. The van der Waals surface area contributed by atoms with Crippen LogP contribution in [0.2, 0.25) is 0 Å². The van der Waals surface area contributed by atoms with Crippen molar-refractivity contribution in [3.05, 3.63) is 17.9 Å². The smallest absolute Gasteiger partial charge is 0.229 e. The quantitative estimate of drug-likeness (QED) is 0.936. The van der Waals surface area contributed by atoms with E-state index < -0.39 is 15.7 Å². The molecule has 0 spiro atoms. The lowest BCUT2D eigenvalue weighted by molar-refractivity contribution is -0.117. The van der Waals surface area contributed by atoms with Crippen LogP contribution in [0.3, 0.4) is 0 Å². The number of thiazole rings is 1. The molecule has 1 N–H and O–H groups in total. The molecular weight excluding hydrogens is 315 g/mol.